The lowest BCUT2D eigenvalue weighted by Crippen LogP contribution is -2.56. The molecular formula is C21H33N3O5. The Balaban J connectivity index is 2.96. The molecule has 2 N–H and O–H groups in total. The minimum Gasteiger partial charge on any atom is -0.444 e. The van der Waals surface area contributed by atoms with Gasteiger partial charge in [0.25, 0.3) is 5.91 Å². The van der Waals surface area contributed by atoms with E-state index in [0.29, 0.717) is 0 Å². The van der Waals surface area contributed by atoms with Crippen molar-refractivity contribution in [3.8, 4) is 0 Å². The van der Waals surface area contributed by atoms with Crippen molar-refractivity contribution in [2.75, 3.05) is 14.2 Å². The Kier molecular flexibility index (Phi) is 9.10. The van der Waals surface area contributed by atoms with Gasteiger partial charge in [-0.2, -0.15) is 0 Å². The fourth-order valence-corrected chi connectivity index (χ4v) is 2.59. The quantitative estimate of drug-likeness (QED) is 0.645. The molecule has 0 saturated carbocycles. The highest BCUT2D eigenvalue weighted by atomic mass is 16.7. The third-order valence-electron chi connectivity index (χ3n) is 4.10. The third kappa shape index (κ3) is 8.51. The normalized spacial score (nSPS) is 13.4. The molecule has 0 spiro atoms. The van der Waals surface area contributed by atoms with E-state index in [2.05, 4.69) is 10.6 Å². The fourth-order valence-electron chi connectivity index (χ4n) is 2.59. The van der Waals surface area contributed by atoms with Crippen LogP contribution in [0.4, 0.5) is 4.79 Å². The summed E-state index contributed by atoms with van der Waals surface area (Å²) >= 11 is 0. The monoisotopic (exact) mass is 407 g/mol. The second kappa shape index (κ2) is 10.8. The van der Waals surface area contributed by atoms with Crippen LogP contribution in [0.3, 0.4) is 0 Å². The van der Waals surface area contributed by atoms with E-state index < -0.39 is 35.6 Å². The summed E-state index contributed by atoms with van der Waals surface area (Å²) in [5, 5.41) is 6.41. The lowest BCUT2D eigenvalue weighted by Gasteiger charge is -2.28. The molecule has 0 unspecified atom stereocenters. The number of nitrogens with one attached hydrogen (secondary N) is 2. The standard InChI is InChI=1S/C21H33N3O5/c1-14(2)17(23-20(27)29-21(3,4)5)18(25)22-16(19(26)24(6)28-7)13-15-11-9-8-10-12-15/h8-12,14,16-17H,13H2,1-7H3,(H,22,25)(H,23,27)/t16-,17-/m0/s1. The third-order valence-corrected chi connectivity index (χ3v) is 4.10. The SMILES string of the molecule is CON(C)C(=O)[C@H](Cc1ccccc1)NC(=O)[C@@H](NC(=O)OC(C)(C)C)C(C)C. The van der Waals surface area contributed by atoms with E-state index >= 15 is 0 Å². The summed E-state index contributed by atoms with van der Waals surface area (Å²) in [4.78, 5) is 42.7. The minimum atomic E-state index is -0.858. The first-order valence-electron chi connectivity index (χ1n) is 9.60. The van der Waals surface area contributed by atoms with E-state index in [1.54, 1.807) is 34.6 Å². The van der Waals surface area contributed by atoms with Crippen LogP contribution in [0.5, 0.6) is 0 Å². The van der Waals surface area contributed by atoms with E-state index in [9.17, 15) is 14.4 Å². The smallest absolute Gasteiger partial charge is 0.408 e. The second-order valence-electron chi connectivity index (χ2n) is 8.14. The first-order chi connectivity index (χ1) is 13.4. The number of benzene rings is 1. The molecule has 0 bridgehead atoms. The highest BCUT2D eigenvalue weighted by Crippen LogP contribution is 2.11. The van der Waals surface area contributed by atoms with Crippen LogP contribution in [-0.2, 0) is 25.6 Å². The Bertz CT molecular complexity index is 685. The minimum absolute atomic E-state index is 0.213. The highest BCUT2D eigenvalue weighted by Gasteiger charge is 2.31. The van der Waals surface area contributed by atoms with Gasteiger partial charge in [-0.1, -0.05) is 44.2 Å². The number of hydrogen-bond donors (Lipinski definition) is 2. The summed E-state index contributed by atoms with van der Waals surface area (Å²) < 4.78 is 5.25. The van der Waals surface area contributed by atoms with Crippen LogP contribution in [0.25, 0.3) is 0 Å². The van der Waals surface area contributed by atoms with E-state index in [4.69, 9.17) is 9.57 Å². The van der Waals surface area contributed by atoms with Crippen LogP contribution < -0.4 is 10.6 Å². The molecule has 0 radical (unpaired) electrons. The number of likely N-dealkylation sites (N-methyl/N-ethyl adjacent to an activating group) is 1. The van der Waals surface area contributed by atoms with Crippen molar-refractivity contribution in [2.24, 2.45) is 5.92 Å². The molecule has 0 aliphatic rings. The molecule has 8 nitrogen and oxygen atoms in total. The number of amides is 3. The molecule has 1 rings (SSSR count). The van der Waals surface area contributed by atoms with Crippen molar-refractivity contribution < 1.29 is 24.0 Å². The molecule has 8 heteroatoms. The number of alkyl carbamates (subject to hydrolysis) is 1. The zero-order chi connectivity index (χ0) is 22.2. The van der Waals surface area contributed by atoms with Crippen LogP contribution in [0.15, 0.2) is 30.3 Å². The highest BCUT2D eigenvalue weighted by molar-refractivity contribution is 5.91. The van der Waals surface area contributed by atoms with Crippen molar-refractivity contribution in [3.63, 3.8) is 0 Å². The van der Waals surface area contributed by atoms with Crippen LogP contribution in [-0.4, -0.2) is 54.8 Å². The zero-order valence-electron chi connectivity index (χ0n) is 18.3. The average Bonchev–Trinajstić information content (AvgIpc) is 2.63. The van der Waals surface area contributed by atoms with Crippen LogP contribution in [0.2, 0.25) is 0 Å². The van der Waals surface area contributed by atoms with E-state index in [-0.39, 0.29) is 12.3 Å². The van der Waals surface area contributed by atoms with Crippen LogP contribution in [0.1, 0.15) is 40.2 Å². The van der Waals surface area contributed by atoms with Crippen LogP contribution in [0, 0.1) is 5.92 Å². The van der Waals surface area contributed by atoms with Crippen molar-refractivity contribution >= 4 is 17.9 Å². The lowest BCUT2D eigenvalue weighted by molar-refractivity contribution is -0.171. The predicted molar refractivity (Wildman–Crippen MR) is 110 cm³/mol. The molecule has 3 amide bonds. The summed E-state index contributed by atoms with van der Waals surface area (Å²) in [6.45, 7) is 8.83. The first kappa shape index (κ1) is 24.4. The van der Waals surface area contributed by atoms with Crippen molar-refractivity contribution in [1.29, 1.82) is 0 Å². The molecule has 0 aliphatic carbocycles. The van der Waals surface area contributed by atoms with Crippen LogP contribution >= 0.6 is 0 Å². The molecule has 0 aliphatic heterocycles. The predicted octanol–water partition coefficient (Wildman–Crippen LogP) is 2.28. The zero-order valence-corrected chi connectivity index (χ0v) is 18.3. The number of ether oxygens (including phenoxy) is 1. The molecule has 1 aromatic carbocycles. The van der Waals surface area contributed by atoms with Gasteiger partial charge in [0.05, 0.1) is 7.11 Å². The average molecular weight is 408 g/mol. The van der Waals surface area contributed by atoms with Gasteiger partial charge in [0.15, 0.2) is 0 Å². The summed E-state index contributed by atoms with van der Waals surface area (Å²) in [6.07, 6.45) is -0.401. The van der Waals surface area contributed by atoms with Crippen molar-refractivity contribution in [2.45, 2.75) is 58.7 Å². The topological polar surface area (TPSA) is 97.0 Å². The largest absolute Gasteiger partial charge is 0.444 e. The maximum atomic E-state index is 12.9. The maximum absolute atomic E-state index is 12.9. The molecular weight excluding hydrogens is 374 g/mol. The fraction of sp³-hybridized carbons (Fsp3) is 0.571. The molecule has 29 heavy (non-hydrogen) atoms. The van der Waals surface area contributed by atoms with Gasteiger partial charge in [-0.3, -0.25) is 14.4 Å². The number of hydroxylamine groups is 2. The van der Waals surface area contributed by atoms with Gasteiger partial charge in [0, 0.05) is 13.5 Å². The van der Waals surface area contributed by atoms with Gasteiger partial charge < -0.3 is 15.4 Å². The maximum Gasteiger partial charge on any atom is 0.408 e. The Morgan fingerprint density at radius 2 is 1.66 bits per heavy atom. The van der Waals surface area contributed by atoms with E-state index in [0.717, 1.165) is 10.6 Å². The molecule has 0 fully saturated rings. The van der Waals surface area contributed by atoms with Gasteiger partial charge in [-0.05, 0) is 32.3 Å². The summed E-state index contributed by atoms with van der Waals surface area (Å²) in [7, 11) is 2.85. The number of carbonyl (C=O) groups is 3. The Morgan fingerprint density at radius 1 is 1.07 bits per heavy atom. The summed E-state index contributed by atoms with van der Waals surface area (Å²) in [5.74, 6) is -1.08. The first-order valence-corrected chi connectivity index (χ1v) is 9.60. The van der Waals surface area contributed by atoms with E-state index in [1.807, 2.05) is 30.3 Å². The number of rotatable bonds is 8. The Labute approximate surface area is 172 Å². The number of carbonyl (C=O) groups excluding carboxylic acids is 3. The van der Waals surface area contributed by atoms with E-state index in [1.165, 1.54) is 14.2 Å². The number of nitrogens with zero attached hydrogens (tertiary/aromatic N) is 1. The summed E-state index contributed by atoms with van der Waals surface area (Å²) in [6, 6.07) is 7.63. The second-order valence-corrected chi connectivity index (χ2v) is 8.14. The molecule has 0 aromatic heterocycles. The van der Waals surface area contributed by atoms with Crippen molar-refractivity contribution in [3.05, 3.63) is 35.9 Å². The molecule has 1 aromatic rings. The van der Waals surface area contributed by atoms with Crippen molar-refractivity contribution in [1.82, 2.24) is 15.7 Å². The molecule has 2 atom stereocenters. The Hall–Kier alpha value is -2.61. The molecule has 0 heterocycles. The molecule has 0 saturated heterocycles. The van der Waals surface area contributed by atoms with Gasteiger partial charge in [-0.15, -0.1) is 0 Å². The number of hydrogen-bond acceptors (Lipinski definition) is 5. The Morgan fingerprint density at radius 3 is 2.14 bits per heavy atom. The van der Waals surface area contributed by atoms with Gasteiger partial charge in [0.1, 0.15) is 17.7 Å². The van der Waals surface area contributed by atoms with Gasteiger partial charge >= 0.3 is 6.09 Å². The van der Waals surface area contributed by atoms with Gasteiger partial charge in [0.2, 0.25) is 5.91 Å². The lowest BCUT2D eigenvalue weighted by atomic mass is 10.0. The van der Waals surface area contributed by atoms with Gasteiger partial charge in [-0.25, -0.2) is 9.86 Å². The summed E-state index contributed by atoms with van der Waals surface area (Å²) in [5.41, 5.74) is 0.201. The molecule has 162 valence electrons.